The van der Waals surface area contributed by atoms with Gasteiger partial charge in [-0.2, -0.15) is 0 Å². The van der Waals surface area contributed by atoms with Crippen LogP contribution in [-0.4, -0.2) is 28.4 Å². The van der Waals surface area contributed by atoms with E-state index in [1.165, 1.54) is 0 Å². The summed E-state index contributed by atoms with van der Waals surface area (Å²) < 4.78 is 5.64. The summed E-state index contributed by atoms with van der Waals surface area (Å²) >= 11 is 6.08. The van der Waals surface area contributed by atoms with Crippen molar-refractivity contribution in [3.05, 3.63) is 29.4 Å². The van der Waals surface area contributed by atoms with Crippen molar-refractivity contribution < 1.29 is 4.74 Å². The number of anilines is 1. The van der Waals surface area contributed by atoms with Gasteiger partial charge in [-0.05, 0) is 20.3 Å². The van der Waals surface area contributed by atoms with Gasteiger partial charge in [-0.25, -0.2) is 0 Å². The standard InChI is InChI=1S/C14H16ClN3O/c1-9-14(2,7-8-19-9)16-13-11-6-4-3-5-10(11)12(15)17-18-13/h3-6,9H,7-8H2,1-2H3,(H,16,18). The first-order chi connectivity index (χ1) is 9.10. The molecule has 0 bridgehead atoms. The first-order valence-electron chi connectivity index (χ1n) is 6.41. The first kappa shape index (κ1) is 12.6. The Morgan fingerprint density at radius 3 is 2.74 bits per heavy atom. The molecule has 100 valence electrons. The summed E-state index contributed by atoms with van der Waals surface area (Å²) in [6.07, 6.45) is 1.09. The number of halogens is 1. The molecule has 0 spiro atoms. The maximum Gasteiger partial charge on any atom is 0.159 e. The van der Waals surface area contributed by atoms with E-state index in [-0.39, 0.29) is 11.6 Å². The summed E-state index contributed by atoms with van der Waals surface area (Å²) in [4.78, 5) is 0. The van der Waals surface area contributed by atoms with Gasteiger partial charge in [0.2, 0.25) is 0 Å². The van der Waals surface area contributed by atoms with Gasteiger partial charge >= 0.3 is 0 Å². The van der Waals surface area contributed by atoms with Gasteiger partial charge in [-0.1, -0.05) is 35.9 Å². The van der Waals surface area contributed by atoms with Crippen LogP contribution in [0.15, 0.2) is 24.3 Å². The molecule has 2 heterocycles. The lowest BCUT2D eigenvalue weighted by Crippen LogP contribution is -2.41. The van der Waals surface area contributed by atoms with Crippen molar-refractivity contribution in [1.29, 1.82) is 0 Å². The Balaban J connectivity index is 2.04. The second-order valence-corrected chi connectivity index (χ2v) is 5.55. The normalized spacial score (nSPS) is 26.8. The van der Waals surface area contributed by atoms with Gasteiger partial charge in [0, 0.05) is 17.4 Å². The lowest BCUT2D eigenvalue weighted by Gasteiger charge is -2.29. The van der Waals surface area contributed by atoms with Gasteiger partial charge in [0.1, 0.15) is 0 Å². The lowest BCUT2D eigenvalue weighted by atomic mass is 9.94. The number of hydrogen-bond acceptors (Lipinski definition) is 4. The van der Waals surface area contributed by atoms with Gasteiger partial charge in [-0.3, -0.25) is 0 Å². The topological polar surface area (TPSA) is 47.0 Å². The van der Waals surface area contributed by atoms with E-state index in [0.29, 0.717) is 5.15 Å². The van der Waals surface area contributed by atoms with Crippen LogP contribution in [0.1, 0.15) is 20.3 Å². The predicted molar refractivity (Wildman–Crippen MR) is 76.6 cm³/mol. The van der Waals surface area contributed by atoms with Crippen molar-refractivity contribution in [3.8, 4) is 0 Å². The molecule has 1 aromatic carbocycles. The van der Waals surface area contributed by atoms with Gasteiger partial charge in [0.25, 0.3) is 0 Å². The summed E-state index contributed by atoms with van der Waals surface area (Å²) in [6.45, 7) is 4.99. The molecule has 0 saturated carbocycles. The van der Waals surface area contributed by atoms with E-state index in [9.17, 15) is 0 Å². The second kappa shape index (κ2) is 4.62. The minimum atomic E-state index is -0.120. The zero-order valence-corrected chi connectivity index (χ0v) is 11.7. The minimum Gasteiger partial charge on any atom is -0.376 e. The van der Waals surface area contributed by atoms with Crippen LogP contribution >= 0.6 is 11.6 Å². The molecule has 1 saturated heterocycles. The molecule has 1 N–H and O–H groups in total. The number of hydrogen-bond donors (Lipinski definition) is 1. The highest BCUT2D eigenvalue weighted by Crippen LogP contribution is 2.32. The maximum atomic E-state index is 6.08. The molecule has 2 atom stereocenters. The number of nitrogens with one attached hydrogen (secondary N) is 1. The van der Waals surface area contributed by atoms with Crippen LogP contribution in [0.4, 0.5) is 5.82 Å². The molecule has 2 aromatic rings. The van der Waals surface area contributed by atoms with Crippen molar-refractivity contribution >= 4 is 28.2 Å². The Kier molecular flexibility index (Phi) is 3.07. The Hall–Kier alpha value is -1.39. The number of aromatic nitrogens is 2. The van der Waals surface area contributed by atoms with E-state index < -0.39 is 0 Å². The molecule has 19 heavy (non-hydrogen) atoms. The zero-order valence-electron chi connectivity index (χ0n) is 11.0. The van der Waals surface area contributed by atoms with Crippen molar-refractivity contribution in [1.82, 2.24) is 10.2 Å². The third-order valence-electron chi connectivity index (χ3n) is 3.93. The maximum absolute atomic E-state index is 6.08. The number of fused-ring (bicyclic) bond motifs is 1. The summed E-state index contributed by atoms with van der Waals surface area (Å²) in [5.41, 5.74) is -0.120. The monoisotopic (exact) mass is 277 g/mol. The molecule has 5 heteroatoms. The fourth-order valence-corrected chi connectivity index (χ4v) is 2.64. The van der Waals surface area contributed by atoms with Crippen LogP contribution in [0.5, 0.6) is 0 Å². The van der Waals surface area contributed by atoms with Gasteiger partial charge in [0.05, 0.1) is 11.6 Å². The summed E-state index contributed by atoms with van der Waals surface area (Å²) in [5, 5.41) is 14.0. The highest BCUT2D eigenvalue weighted by molar-refractivity contribution is 6.34. The average molecular weight is 278 g/mol. The fourth-order valence-electron chi connectivity index (χ4n) is 2.43. The predicted octanol–water partition coefficient (Wildman–Crippen LogP) is 3.26. The number of rotatable bonds is 2. The molecule has 1 fully saturated rings. The van der Waals surface area contributed by atoms with Crippen molar-refractivity contribution in [2.75, 3.05) is 11.9 Å². The molecule has 1 aliphatic rings. The average Bonchev–Trinajstić information content (AvgIpc) is 2.74. The van der Waals surface area contributed by atoms with Crippen LogP contribution in [-0.2, 0) is 4.74 Å². The van der Waals surface area contributed by atoms with Gasteiger partial charge < -0.3 is 10.1 Å². The molecule has 1 aliphatic heterocycles. The van der Waals surface area contributed by atoms with Crippen molar-refractivity contribution in [3.63, 3.8) is 0 Å². The fraction of sp³-hybridized carbons (Fsp3) is 0.429. The van der Waals surface area contributed by atoms with Crippen molar-refractivity contribution in [2.45, 2.75) is 31.9 Å². The van der Waals surface area contributed by atoms with E-state index in [2.05, 4.69) is 29.4 Å². The molecule has 4 nitrogen and oxygen atoms in total. The Morgan fingerprint density at radius 2 is 2.05 bits per heavy atom. The summed E-state index contributed by atoms with van der Waals surface area (Å²) in [7, 11) is 0. The minimum absolute atomic E-state index is 0.120. The third-order valence-corrected chi connectivity index (χ3v) is 4.21. The largest absolute Gasteiger partial charge is 0.376 e. The smallest absolute Gasteiger partial charge is 0.159 e. The quantitative estimate of drug-likeness (QED) is 0.915. The van der Waals surface area contributed by atoms with Crippen LogP contribution in [0.3, 0.4) is 0 Å². The first-order valence-corrected chi connectivity index (χ1v) is 6.79. The molecule has 3 rings (SSSR count). The molecular formula is C14H16ClN3O. The summed E-state index contributed by atoms with van der Waals surface area (Å²) in [6, 6.07) is 7.88. The molecule has 2 unspecified atom stereocenters. The SMILES string of the molecule is CC1OCCC1(C)Nc1nnc(Cl)c2ccccc12. The van der Waals surface area contributed by atoms with E-state index in [0.717, 1.165) is 29.6 Å². The lowest BCUT2D eigenvalue weighted by molar-refractivity contribution is 0.105. The molecule has 1 aromatic heterocycles. The Labute approximate surface area is 117 Å². The number of benzene rings is 1. The van der Waals surface area contributed by atoms with Crippen LogP contribution in [0.25, 0.3) is 10.8 Å². The molecule has 0 amide bonds. The van der Waals surface area contributed by atoms with Crippen LogP contribution in [0, 0.1) is 0 Å². The third kappa shape index (κ3) is 2.15. The van der Waals surface area contributed by atoms with Gasteiger partial charge in [0.15, 0.2) is 11.0 Å². The highest BCUT2D eigenvalue weighted by Gasteiger charge is 2.37. The van der Waals surface area contributed by atoms with E-state index in [1.807, 2.05) is 24.3 Å². The Bertz CT molecular complexity index is 619. The zero-order chi connectivity index (χ0) is 13.5. The van der Waals surface area contributed by atoms with Crippen LogP contribution < -0.4 is 5.32 Å². The van der Waals surface area contributed by atoms with Crippen LogP contribution in [0.2, 0.25) is 5.15 Å². The Morgan fingerprint density at radius 1 is 1.32 bits per heavy atom. The number of ether oxygens (including phenoxy) is 1. The van der Waals surface area contributed by atoms with E-state index in [4.69, 9.17) is 16.3 Å². The van der Waals surface area contributed by atoms with E-state index >= 15 is 0 Å². The summed E-state index contributed by atoms with van der Waals surface area (Å²) in [5.74, 6) is 0.764. The molecule has 0 radical (unpaired) electrons. The molecule has 0 aliphatic carbocycles. The van der Waals surface area contributed by atoms with Gasteiger partial charge in [-0.15, -0.1) is 10.2 Å². The second-order valence-electron chi connectivity index (χ2n) is 5.19. The number of nitrogens with zero attached hydrogens (tertiary/aromatic N) is 2. The highest BCUT2D eigenvalue weighted by atomic mass is 35.5. The molecular weight excluding hydrogens is 262 g/mol. The van der Waals surface area contributed by atoms with Crippen molar-refractivity contribution in [2.24, 2.45) is 0 Å². The van der Waals surface area contributed by atoms with E-state index in [1.54, 1.807) is 0 Å².